The minimum absolute atomic E-state index is 0.0135. The molecule has 0 saturated heterocycles. The minimum atomic E-state index is -0.0135. The largest absolute Gasteiger partial charge is 0.309 e. The van der Waals surface area contributed by atoms with E-state index >= 15 is 0 Å². The summed E-state index contributed by atoms with van der Waals surface area (Å²) in [5, 5.41) is 7.47. The Balaban J connectivity index is 1.24. The molecule has 0 bridgehead atoms. The molecular weight excluding hydrogens is 815 g/mol. The van der Waals surface area contributed by atoms with E-state index in [1.807, 2.05) is 11.3 Å². The van der Waals surface area contributed by atoms with E-state index in [0.29, 0.717) is 0 Å². The first-order valence-corrected chi connectivity index (χ1v) is 24.0. The molecule has 0 amide bonds. The van der Waals surface area contributed by atoms with Crippen LogP contribution in [0.5, 0.6) is 0 Å². The summed E-state index contributed by atoms with van der Waals surface area (Å²) >= 11 is 1.87. The molecular formula is C64H53NS. The van der Waals surface area contributed by atoms with Gasteiger partial charge in [-0.05, 0) is 107 Å². The molecule has 0 spiro atoms. The molecule has 2 heteroatoms. The number of benzene rings is 10. The number of anilines is 3. The summed E-state index contributed by atoms with van der Waals surface area (Å²) in [5.41, 5.74) is 15.7. The first kappa shape index (κ1) is 41.4. The van der Waals surface area contributed by atoms with Crippen molar-refractivity contribution in [3.8, 4) is 44.5 Å². The number of hydrogen-bond donors (Lipinski definition) is 0. The van der Waals surface area contributed by atoms with Crippen LogP contribution in [-0.4, -0.2) is 0 Å². The van der Waals surface area contributed by atoms with Gasteiger partial charge in [-0.15, -0.1) is 11.3 Å². The van der Waals surface area contributed by atoms with Gasteiger partial charge >= 0.3 is 0 Å². The minimum Gasteiger partial charge on any atom is -0.309 e. The van der Waals surface area contributed by atoms with E-state index in [1.54, 1.807) is 0 Å². The Morgan fingerprint density at radius 3 is 1.64 bits per heavy atom. The molecule has 10 aromatic carbocycles. The van der Waals surface area contributed by atoms with Crippen LogP contribution in [0.15, 0.2) is 212 Å². The van der Waals surface area contributed by atoms with Crippen molar-refractivity contribution in [3.05, 3.63) is 223 Å². The SMILES string of the molecule is CC(C)(C)c1cc(-c2cccc3cccc(-c4ccccc4N(c4cc(-c5cccc6ccccc56)ccc4-c4ccccc4)c4cccc5sc6ccccc6c45)c23)cc(C(C)(C)C)c1. The Labute approximate surface area is 393 Å². The van der Waals surface area contributed by atoms with Crippen LogP contribution < -0.4 is 4.90 Å². The molecule has 0 radical (unpaired) electrons. The molecule has 0 aliphatic carbocycles. The normalized spacial score (nSPS) is 12.1. The number of nitrogens with zero attached hydrogens (tertiary/aromatic N) is 1. The van der Waals surface area contributed by atoms with Crippen molar-refractivity contribution < 1.29 is 0 Å². The van der Waals surface area contributed by atoms with Gasteiger partial charge in [0.15, 0.2) is 0 Å². The Bertz CT molecular complexity index is 3570. The lowest BCUT2D eigenvalue weighted by Gasteiger charge is -2.31. The van der Waals surface area contributed by atoms with Crippen molar-refractivity contribution in [2.45, 2.75) is 52.4 Å². The van der Waals surface area contributed by atoms with E-state index in [-0.39, 0.29) is 10.8 Å². The van der Waals surface area contributed by atoms with Crippen LogP contribution in [0.2, 0.25) is 0 Å². The standard InChI is InChI=1S/C64H53NS/c1-63(2,3)47-38-46(39-48(41-47)64(4,5)6)52-30-17-24-44-25-18-31-54(61(44)52)53-27-12-14-32-56(53)65(57-33-19-35-60-62(57)55-28-13-15-34-59(55)66-60)58-40-45(36-37-51(58)43-20-8-7-9-21-43)50-29-16-23-42-22-10-11-26-49(42)50/h7-41H,1-6H3. The Hall–Kier alpha value is -7.26. The lowest BCUT2D eigenvalue weighted by molar-refractivity contribution is 0.569. The van der Waals surface area contributed by atoms with E-state index in [1.165, 1.54) is 97.4 Å². The van der Waals surface area contributed by atoms with Crippen LogP contribution in [0.1, 0.15) is 52.7 Å². The summed E-state index contributed by atoms with van der Waals surface area (Å²) in [6.07, 6.45) is 0. The molecule has 0 aliphatic rings. The average molecular weight is 868 g/mol. The first-order valence-electron chi connectivity index (χ1n) is 23.2. The van der Waals surface area contributed by atoms with Crippen molar-refractivity contribution in [3.63, 3.8) is 0 Å². The predicted molar refractivity (Wildman–Crippen MR) is 288 cm³/mol. The van der Waals surface area contributed by atoms with E-state index in [9.17, 15) is 0 Å². The average Bonchev–Trinajstić information content (AvgIpc) is 3.73. The highest BCUT2D eigenvalue weighted by atomic mass is 32.1. The second-order valence-electron chi connectivity index (χ2n) is 19.7. The first-order chi connectivity index (χ1) is 32.0. The van der Waals surface area contributed by atoms with Crippen LogP contribution in [0, 0.1) is 0 Å². The van der Waals surface area contributed by atoms with E-state index in [0.717, 1.165) is 17.1 Å². The van der Waals surface area contributed by atoms with Crippen LogP contribution in [-0.2, 0) is 10.8 Å². The summed E-state index contributed by atoms with van der Waals surface area (Å²) in [6, 6.07) is 79.2. The molecule has 1 heterocycles. The number of fused-ring (bicyclic) bond motifs is 5. The van der Waals surface area contributed by atoms with Crippen molar-refractivity contribution in [2.24, 2.45) is 0 Å². The van der Waals surface area contributed by atoms with Gasteiger partial charge in [-0.3, -0.25) is 0 Å². The van der Waals surface area contributed by atoms with Gasteiger partial charge in [0, 0.05) is 31.3 Å². The molecule has 320 valence electrons. The van der Waals surface area contributed by atoms with Gasteiger partial charge in [-0.25, -0.2) is 0 Å². The van der Waals surface area contributed by atoms with Gasteiger partial charge in [0.25, 0.3) is 0 Å². The van der Waals surface area contributed by atoms with Crippen LogP contribution in [0.4, 0.5) is 17.1 Å². The maximum absolute atomic E-state index is 2.58. The van der Waals surface area contributed by atoms with Gasteiger partial charge in [-0.2, -0.15) is 0 Å². The molecule has 11 aromatic rings. The van der Waals surface area contributed by atoms with Crippen LogP contribution >= 0.6 is 11.3 Å². The number of thiophene rings is 1. The molecule has 66 heavy (non-hydrogen) atoms. The third-order valence-electron chi connectivity index (χ3n) is 13.4. The van der Waals surface area contributed by atoms with Gasteiger partial charge in [0.1, 0.15) is 0 Å². The van der Waals surface area contributed by atoms with Crippen molar-refractivity contribution in [1.82, 2.24) is 0 Å². The summed E-state index contributed by atoms with van der Waals surface area (Å²) in [7, 11) is 0. The zero-order chi connectivity index (χ0) is 45.2. The molecule has 0 aliphatic heterocycles. The predicted octanol–water partition coefficient (Wildman–Crippen LogP) is 19.1. The Kier molecular flexibility index (Phi) is 10.2. The Morgan fingerprint density at radius 2 is 0.879 bits per heavy atom. The Morgan fingerprint density at radius 1 is 0.318 bits per heavy atom. The van der Waals surface area contributed by atoms with Crippen LogP contribution in [0.3, 0.4) is 0 Å². The lowest BCUT2D eigenvalue weighted by atomic mass is 9.78. The zero-order valence-corrected chi connectivity index (χ0v) is 39.4. The molecule has 0 atom stereocenters. The van der Waals surface area contributed by atoms with Gasteiger partial charge in [0.2, 0.25) is 0 Å². The number of para-hydroxylation sites is 1. The summed E-state index contributed by atoms with van der Waals surface area (Å²) < 4.78 is 2.55. The third-order valence-corrected chi connectivity index (χ3v) is 14.5. The molecule has 0 N–H and O–H groups in total. The second kappa shape index (κ2) is 16.3. The highest BCUT2D eigenvalue weighted by molar-refractivity contribution is 7.26. The van der Waals surface area contributed by atoms with Gasteiger partial charge < -0.3 is 4.90 Å². The van der Waals surface area contributed by atoms with Gasteiger partial charge in [-0.1, -0.05) is 224 Å². The fraction of sp³-hybridized carbons (Fsp3) is 0.125. The highest BCUT2D eigenvalue weighted by Gasteiger charge is 2.27. The molecule has 0 saturated carbocycles. The maximum atomic E-state index is 2.58. The maximum Gasteiger partial charge on any atom is 0.0555 e. The molecule has 1 aromatic heterocycles. The van der Waals surface area contributed by atoms with Crippen molar-refractivity contribution in [2.75, 3.05) is 4.90 Å². The number of rotatable bonds is 7. The molecule has 11 rings (SSSR count). The third kappa shape index (κ3) is 7.36. The second-order valence-corrected chi connectivity index (χ2v) is 20.8. The quantitative estimate of drug-likeness (QED) is 0.154. The number of hydrogen-bond acceptors (Lipinski definition) is 2. The molecule has 0 fully saturated rings. The molecule has 1 nitrogen and oxygen atoms in total. The van der Waals surface area contributed by atoms with E-state index < -0.39 is 0 Å². The zero-order valence-electron chi connectivity index (χ0n) is 38.6. The van der Waals surface area contributed by atoms with Gasteiger partial charge in [0.05, 0.1) is 17.1 Å². The lowest BCUT2D eigenvalue weighted by Crippen LogP contribution is -2.16. The summed E-state index contributed by atoms with van der Waals surface area (Å²) in [6.45, 7) is 14.0. The monoisotopic (exact) mass is 867 g/mol. The molecule has 0 unspecified atom stereocenters. The fourth-order valence-corrected chi connectivity index (χ4v) is 11.0. The fourth-order valence-electron chi connectivity index (χ4n) is 9.91. The van der Waals surface area contributed by atoms with Crippen molar-refractivity contribution in [1.29, 1.82) is 0 Å². The van der Waals surface area contributed by atoms with E-state index in [4.69, 9.17) is 0 Å². The van der Waals surface area contributed by atoms with E-state index in [2.05, 4.69) is 259 Å². The van der Waals surface area contributed by atoms with Crippen molar-refractivity contribution >= 4 is 70.1 Å². The highest BCUT2D eigenvalue weighted by Crippen LogP contribution is 2.52. The summed E-state index contributed by atoms with van der Waals surface area (Å²) in [4.78, 5) is 2.58. The topological polar surface area (TPSA) is 3.24 Å². The van der Waals surface area contributed by atoms with Crippen LogP contribution in [0.25, 0.3) is 86.2 Å². The smallest absolute Gasteiger partial charge is 0.0555 e. The summed E-state index contributed by atoms with van der Waals surface area (Å²) in [5.74, 6) is 0.